The molecule has 2 atom stereocenters. The number of carbonyl (C=O) groups excluding carboxylic acids is 2. The van der Waals surface area contributed by atoms with Crippen LogP contribution in [0.3, 0.4) is 0 Å². The van der Waals surface area contributed by atoms with E-state index in [1.54, 1.807) is 28.0 Å². The quantitative estimate of drug-likeness (QED) is 0.885. The van der Waals surface area contributed by atoms with Gasteiger partial charge in [-0.3, -0.25) is 14.4 Å². The number of carbonyl (C=O) groups is 3. The molecule has 25 heavy (non-hydrogen) atoms. The van der Waals surface area contributed by atoms with Crippen molar-refractivity contribution in [1.82, 2.24) is 9.80 Å². The third kappa shape index (κ3) is 3.65. The fraction of sp³-hybridized carbons (Fsp3) is 0.500. The van der Waals surface area contributed by atoms with Gasteiger partial charge in [0.05, 0.1) is 18.3 Å². The van der Waals surface area contributed by atoms with Crippen LogP contribution in [-0.2, 0) is 20.8 Å². The first kappa shape index (κ1) is 17.4. The molecule has 1 aromatic carbocycles. The van der Waals surface area contributed by atoms with Crippen LogP contribution in [0.5, 0.6) is 0 Å². The van der Waals surface area contributed by atoms with Gasteiger partial charge in [-0.25, -0.2) is 4.39 Å². The number of amides is 2. The Hall–Kier alpha value is -2.44. The normalized spacial score (nSPS) is 23.1. The summed E-state index contributed by atoms with van der Waals surface area (Å²) < 4.78 is 13.6. The van der Waals surface area contributed by atoms with Gasteiger partial charge in [0.1, 0.15) is 5.82 Å². The van der Waals surface area contributed by atoms with E-state index in [0.29, 0.717) is 44.6 Å². The fourth-order valence-corrected chi connectivity index (χ4v) is 3.42. The second kappa shape index (κ2) is 7.21. The van der Waals surface area contributed by atoms with Crippen molar-refractivity contribution in [2.75, 3.05) is 26.2 Å². The molecule has 134 valence electrons. The van der Waals surface area contributed by atoms with E-state index in [1.165, 1.54) is 6.07 Å². The van der Waals surface area contributed by atoms with Gasteiger partial charge in [-0.1, -0.05) is 18.2 Å². The van der Waals surface area contributed by atoms with Crippen molar-refractivity contribution >= 4 is 17.8 Å². The summed E-state index contributed by atoms with van der Waals surface area (Å²) in [6.45, 7) is 1.57. The van der Waals surface area contributed by atoms with Crippen LogP contribution in [0.25, 0.3) is 0 Å². The lowest BCUT2D eigenvalue weighted by atomic mass is 9.73. The van der Waals surface area contributed by atoms with E-state index < -0.39 is 23.6 Å². The van der Waals surface area contributed by atoms with Crippen molar-refractivity contribution in [2.24, 2.45) is 11.8 Å². The summed E-state index contributed by atoms with van der Waals surface area (Å²) in [6.07, 6.45) is 1.17. The molecule has 2 fully saturated rings. The molecule has 1 N–H and O–H groups in total. The first-order chi connectivity index (χ1) is 12.0. The zero-order valence-electron chi connectivity index (χ0n) is 13.9. The summed E-state index contributed by atoms with van der Waals surface area (Å²) in [5.74, 6) is -2.60. The molecule has 3 rings (SSSR count). The number of carboxylic acid groups (broad SMARTS) is 1. The minimum atomic E-state index is -0.914. The van der Waals surface area contributed by atoms with E-state index in [4.69, 9.17) is 5.11 Å². The highest BCUT2D eigenvalue weighted by Crippen LogP contribution is 2.36. The minimum Gasteiger partial charge on any atom is -0.481 e. The maximum atomic E-state index is 13.6. The van der Waals surface area contributed by atoms with Crippen molar-refractivity contribution in [1.29, 1.82) is 0 Å². The summed E-state index contributed by atoms with van der Waals surface area (Å²) in [4.78, 5) is 39.1. The smallest absolute Gasteiger partial charge is 0.307 e. The van der Waals surface area contributed by atoms with Gasteiger partial charge >= 0.3 is 5.97 Å². The minimum absolute atomic E-state index is 0.00430. The lowest BCUT2D eigenvalue weighted by Gasteiger charge is -2.40. The van der Waals surface area contributed by atoms with Crippen LogP contribution in [0.15, 0.2) is 24.3 Å². The Morgan fingerprint density at radius 2 is 1.60 bits per heavy atom. The maximum absolute atomic E-state index is 13.6. The highest BCUT2D eigenvalue weighted by atomic mass is 19.1. The molecule has 0 radical (unpaired) electrons. The maximum Gasteiger partial charge on any atom is 0.307 e. The number of nitrogens with zero attached hydrogens (tertiary/aromatic N) is 2. The van der Waals surface area contributed by atoms with Crippen LogP contribution in [0, 0.1) is 17.7 Å². The van der Waals surface area contributed by atoms with E-state index in [-0.39, 0.29) is 18.2 Å². The largest absolute Gasteiger partial charge is 0.481 e. The fourth-order valence-electron chi connectivity index (χ4n) is 3.42. The lowest BCUT2D eigenvalue weighted by Crippen LogP contribution is -2.54. The second-order valence-corrected chi connectivity index (χ2v) is 6.60. The molecule has 1 aliphatic heterocycles. The molecule has 0 aromatic heterocycles. The van der Waals surface area contributed by atoms with Crippen LogP contribution >= 0.6 is 0 Å². The van der Waals surface area contributed by atoms with Crippen LogP contribution in [0.1, 0.15) is 18.4 Å². The Labute approximate surface area is 145 Å². The molecular formula is C18H21FN2O4. The van der Waals surface area contributed by atoms with Crippen LogP contribution in [-0.4, -0.2) is 58.9 Å². The second-order valence-electron chi connectivity index (χ2n) is 6.60. The van der Waals surface area contributed by atoms with Gasteiger partial charge in [-0.15, -0.1) is 0 Å². The number of hydrogen-bond donors (Lipinski definition) is 1. The van der Waals surface area contributed by atoms with E-state index in [0.717, 1.165) is 0 Å². The lowest BCUT2D eigenvalue weighted by molar-refractivity contribution is -0.157. The number of aliphatic carboxylic acids is 1. The Morgan fingerprint density at radius 1 is 1.00 bits per heavy atom. The van der Waals surface area contributed by atoms with Gasteiger partial charge in [0.15, 0.2) is 0 Å². The van der Waals surface area contributed by atoms with Crippen molar-refractivity contribution < 1.29 is 23.9 Å². The standard InChI is InChI=1S/C18H21FN2O4/c19-15-4-2-1-3-12(15)11-16(22)20-7-9-21(10-8-20)17(23)13-5-6-14(13)18(24)25/h1-4,13-14H,5-11H2,(H,24,25). The Kier molecular flexibility index (Phi) is 5.01. The average Bonchev–Trinajstić information content (AvgIpc) is 2.55. The van der Waals surface area contributed by atoms with E-state index in [9.17, 15) is 18.8 Å². The molecule has 7 heteroatoms. The number of halogens is 1. The number of hydrogen-bond acceptors (Lipinski definition) is 3. The van der Waals surface area contributed by atoms with Crippen LogP contribution < -0.4 is 0 Å². The monoisotopic (exact) mass is 348 g/mol. The molecule has 0 bridgehead atoms. The summed E-state index contributed by atoms with van der Waals surface area (Å²) in [5, 5.41) is 9.07. The molecule has 6 nitrogen and oxygen atoms in total. The van der Waals surface area contributed by atoms with Gasteiger partial charge < -0.3 is 14.9 Å². The summed E-state index contributed by atoms with van der Waals surface area (Å²) >= 11 is 0. The van der Waals surface area contributed by atoms with Gasteiger partial charge in [0.25, 0.3) is 0 Å². The van der Waals surface area contributed by atoms with Gasteiger partial charge in [0.2, 0.25) is 11.8 Å². The van der Waals surface area contributed by atoms with Crippen LogP contribution in [0.4, 0.5) is 4.39 Å². The number of rotatable bonds is 4. The van der Waals surface area contributed by atoms with E-state index in [1.807, 2.05) is 0 Å². The van der Waals surface area contributed by atoms with Crippen molar-refractivity contribution in [3.63, 3.8) is 0 Å². The predicted octanol–water partition coefficient (Wildman–Crippen LogP) is 1.15. The third-order valence-corrected chi connectivity index (χ3v) is 5.15. The molecule has 1 heterocycles. The predicted molar refractivity (Wildman–Crippen MR) is 87.1 cm³/mol. The van der Waals surface area contributed by atoms with Gasteiger partial charge in [-0.2, -0.15) is 0 Å². The van der Waals surface area contributed by atoms with Crippen molar-refractivity contribution in [2.45, 2.75) is 19.3 Å². The van der Waals surface area contributed by atoms with Crippen molar-refractivity contribution in [3.8, 4) is 0 Å². The summed E-state index contributed by atoms with van der Waals surface area (Å²) in [5.41, 5.74) is 0.366. The molecule has 2 amide bonds. The molecule has 0 spiro atoms. The Bertz CT molecular complexity index is 685. The van der Waals surface area contributed by atoms with E-state index >= 15 is 0 Å². The Morgan fingerprint density at radius 3 is 2.16 bits per heavy atom. The number of piperazine rings is 1. The topological polar surface area (TPSA) is 77.9 Å². The number of benzene rings is 1. The Balaban J connectivity index is 1.52. The zero-order chi connectivity index (χ0) is 18.0. The van der Waals surface area contributed by atoms with Gasteiger partial charge in [0, 0.05) is 26.2 Å². The van der Waals surface area contributed by atoms with Gasteiger partial charge in [-0.05, 0) is 24.5 Å². The van der Waals surface area contributed by atoms with Crippen LogP contribution in [0.2, 0.25) is 0 Å². The first-order valence-corrected chi connectivity index (χ1v) is 8.50. The highest BCUT2D eigenvalue weighted by Gasteiger charge is 2.43. The first-order valence-electron chi connectivity index (χ1n) is 8.50. The number of carboxylic acids is 1. The molecule has 2 aliphatic rings. The summed E-state index contributed by atoms with van der Waals surface area (Å²) in [6, 6.07) is 6.20. The average molecular weight is 348 g/mol. The molecule has 1 saturated carbocycles. The highest BCUT2D eigenvalue weighted by molar-refractivity contribution is 5.86. The SMILES string of the molecule is O=C(O)C1CCC1C(=O)N1CCN(C(=O)Cc2ccccc2F)CC1. The van der Waals surface area contributed by atoms with E-state index in [2.05, 4.69) is 0 Å². The molecular weight excluding hydrogens is 327 g/mol. The molecule has 1 saturated heterocycles. The molecule has 2 unspecified atom stereocenters. The summed E-state index contributed by atoms with van der Waals surface area (Å²) in [7, 11) is 0. The van der Waals surface area contributed by atoms with Crippen molar-refractivity contribution in [3.05, 3.63) is 35.6 Å². The molecule has 1 aromatic rings. The molecule has 1 aliphatic carbocycles. The zero-order valence-corrected chi connectivity index (χ0v) is 13.9. The third-order valence-electron chi connectivity index (χ3n) is 5.15.